The summed E-state index contributed by atoms with van der Waals surface area (Å²) in [5.74, 6) is 0.150. The molecule has 4 aromatic rings. The van der Waals surface area contributed by atoms with Crippen molar-refractivity contribution in [3.05, 3.63) is 48.0 Å². The number of aromatic nitrogens is 3. The molecule has 0 spiro atoms. The van der Waals surface area contributed by atoms with E-state index in [-0.39, 0.29) is 12.1 Å². The number of hydrogen-bond donors (Lipinski definition) is 2. The number of carboxylic acid groups (broad SMARTS) is 1. The first-order valence-electron chi connectivity index (χ1n) is 10.6. The van der Waals surface area contributed by atoms with Crippen molar-refractivity contribution in [1.29, 1.82) is 0 Å². The third-order valence-electron chi connectivity index (χ3n) is 5.69. The van der Waals surface area contributed by atoms with Gasteiger partial charge >= 0.3 is 5.97 Å². The number of para-hydroxylation sites is 1. The first kappa shape index (κ1) is 13.8. The van der Waals surface area contributed by atoms with E-state index in [1.54, 1.807) is 10.6 Å². The normalized spacial score (nSPS) is 18.7. The number of carboxylic acids is 1. The van der Waals surface area contributed by atoms with Crippen molar-refractivity contribution in [1.82, 2.24) is 14.1 Å². The zero-order chi connectivity index (χ0) is 20.6. The van der Waals surface area contributed by atoms with E-state index in [4.69, 9.17) is 7.73 Å². The molecule has 0 amide bonds. The van der Waals surface area contributed by atoms with Crippen LogP contribution in [-0.2, 0) is 13.0 Å². The second-order valence-corrected chi connectivity index (χ2v) is 7.62. The van der Waals surface area contributed by atoms with Crippen LogP contribution in [0.15, 0.2) is 42.5 Å². The molecule has 3 heterocycles. The average molecular weight is 374 g/mol. The molecule has 1 fully saturated rings. The number of imidazole rings is 1. The molecule has 2 N–H and O–H groups in total. The number of fused-ring (bicyclic) bond motifs is 1. The molecule has 1 aliphatic carbocycles. The summed E-state index contributed by atoms with van der Waals surface area (Å²) in [7, 11) is 0. The Kier molecular flexibility index (Phi) is 2.77. The van der Waals surface area contributed by atoms with Crippen LogP contribution in [0.1, 0.15) is 25.9 Å². The largest absolute Gasteiger partial charge is 0.478 e. The maximum absolute atomic E-state index is 11.6. The summed E-state index contributed by atoms with van der Waals surface area (Å²) in [4.78, 5) is 16.4. The molecular formula is C22H20N4O2. The van der Waals surface area contributed by atoms with E-state index >= 15 is 0 Å². The number of hydrogen-bond acceptors (Lipinski definition) is 3. The van der Waals surface area contributed by atoms with E-state index in [1.165, 1.54) is 18.9 Å². The van der Waals surface area contributed by atoms with E-state index in [1.807, 2.05) is 12.1 Å². The quantitative estimate of drug-likeness (QED) is 0.562. The SMILES string of the molecule is [2H]C1([2H])CNc2cc(C(=O)O)cc3nc(-c4cc5ccccc5n4CC4CC4)n1c23. The Labute approximate surface area is 164 Å². The van der Waals surface area contributed by atoms with Gasteiger partial charge in [0, 0.05) is 30.5 Å². The summed E-state index contributed by atoms with van der Waals surface area (Å²) < 4.78 is 21.2. The van der Waals surface area contributed by atoms with Crippen LogP contribution in [0.3, 0.4) is 0 Å². The number of anilines is 1. The van der Waals surface area contributed by atoms with Crippen LogP contribution in [0.25, 0.3) is 33.5 Å². The fraction of sp³-hybridized carbons (Fsp3) is 0.273. The lowest BCUT2D eigenvalue weighted by Gasteiger charge is -2.19. The molecule has 2 aromatic carbocycles. The molecule has 6 heteroatoms. The predicted octanol–water partition coefficient (Wildman–Crippen LogP) is 4.19. The molecule has 0 radical (unpaired) electrons. The topological polar surface area (TPSA) is 72.1 Å². The monoisotopic (exact) mass is 374 g/mol. The molecule has 28 heavy (non-hydrogen) atoms. The van der Waals surface area contributed by atoms with Gasteiger partial charge in [0.1, 0.15) is 0 Å². The molecule has 0 unspecified atom stereocenters. The summed E-state index contributed by atoms with van der Waals surface area (Å²) in [6.07, 6.45) is 2.42. The minimum Gasteiger partial charge on any atom is -0.478 e. The Bertz CT molecular complexity index is 1350. The van der Waals surface area contributed by atoms with Gasteiger partial charge in [-0.3, -0.25) is 0 Å². The van der Waals surface area contributed by atoms with Crippen LogP contribution in [-0.4, -0.2) is 31.7 Å². The molecular weight excluding hydrogens is 352 g/mol. The molecule has 2 aromatic heterocycles. The zero-order valence-electron chi connectivity index (χ0n) is 17.1. The minimum absolute atomic E-state index is 0.0460. The fourth-order valence-corrected chi connectivity index (χ4v) is 4.16. The molecule has 0 bridgehead atoms. The van der Waals surface area contributed by atoms with Crippen molar-refractivity contribution >= 4 is 33.6 Å². The molecule has 6 nitrogen and oxygen atoms in total. The van der Waals surface area contributed by atoms with Gasteiger partial charge in [0.15, 0.2) is 5.82 Å². The number of nitrogens with zero attached hydrogens (tertiary/aromatic N) is 3. The summed E-state index contributed by atoms with van der Waals surface area (Å²) in [6, 6.07) is 13.3. The van der Waals surface area contributed by atoms with Crippen molar-refractivity contribution in [2.45, 2.75) is 25.9 Å². The van der Waals surface area contributed by atoms with Crippen molar-refractivity contribution in [3.8, 4) is 11.5 Å². The highest BCUT2D eigenvalue weighted by molar-refractivity contribution is 6.00. The Morgan fingerprint density at radius 1 is 1.29 bits per heavy atom. The molecule has 1 aliphatic heterocycles. The van der Waals surface area contributed by atoms with Crippen LogP contribution in [0, 0.1) is 5.92 Å². The van der Waals surface area contributed by atoms with Crippen molar-refractivity contribution < 1.29 is 12.6 Å². The highest BCUT2D eigenvalue weighted by atomic mass is 16.4. The van der Waals surface area contributed by atoms with Crippen molar-refractivity contribution in [2.75, 3.05) is 11.9 Å². The minimum atomic E-state index is -1.69. The lowest BCUT2D eigenvalue weighted by molar-refractivity contribution is 0.0697. The maximum atomic E-state index is 11.6. The summed E-state index contributed by atoms with van der Waals surface area (Å²) in [5, 5.41) is 13.6. The van der Waals surface area contributed by atoms with Gasteiger partial charge in [0.25, 0.3) is 0 Å². The van der Waals surface area contributed by atoms with Crippen molar-refractivity contribution in [3.63, 3.8) is 0 Å². The lowest BCUT2D eigenvalue weighted by Crippen LogP contribution is -2.18. The van der Waals surface area contributed by atoms with Gasteiger partial charge in [-0.15, -0.1) is 0 Å². The van der Waals surface area contributed by atoms with Gasteiger partial charge in [-0.25, -0.2) is 9.78 Å². The van der Waals surface area contributed by atoms with Gasteiger partial charge < -0.3 is 19.6 Å². The Morgan fingerprint density at radius 3 is 2.96 bits per heavy atom. The number of aromatic carboxylic acids is 1. The highest BCUT2D eigenvalue weighted by Gasteiger charge is 2.27. The molecule has 0 atom stereocenters. The summed E-state index contributed by atoms with van der Waals surface area (Å²) in [6.45, 7) is -0.770. The first-order chi connectivity index (χ1) is 14.4. The molecule has 0 saturated heterocycles. The molecule has 1 saturated carbocycles. The van der Waals surface area contributed by atoms with Gasteiger partial charge in [-0.1, -0.05) is 18.2 Å². The predicted molar refractivity (Wildman–Crippen MR) is 109 cm³/mol. The highest BCUT2D eigenvalue weighted by Crippen LogP contribution is 2.38. The second-order valence-electron chi connectivity index (χ2n) is 7.62. The summed E-state index contributed by atoms with van der Waals surface area (Å²) >= 11 is 0. The van der Waals surface area contributed by atoms with Gasteiger partial charge in [0.2, 0.25) is 0 Å². The van der Waals surface area contributed by atoms with Gasteiger partial charge in [0.05, 0.1) is 30.7 Å². The molecule has 2 aliphatic rings. The smallest absolute Gasteiger partial charge is 0.335 e. The van der Waals surface area contributed by atoms with Gasteiger partial charge in [-0.2, -0.15) is 0 Å². The number of benzene rings is 2. The first-order valence-corrected chi connectivity index (χ1v) is 9.55. The Hall–Kier alpha value is -3.28. The molecule has 140 valence electrons. The number of nitrogens with one attached hydrogen (secondary N) is 1. The van der Waals surface area contributed by atoms with Crippen LogP contribution in [0.5, 0.6) is 0 Å². The fourth-order valence-electron chi connectivity index (χ4n) is 4.16. The van der Waals surface area contributed by atoms with Crippen LogP contribution in [0.2, 0.25) is 0 Å². The van der Waals surface area contributed by atoms with E-state index in [0.717, 1.165) is 23.1 Å². The van der Waals surface area contributed by atoms with E-state index in [0.29, 0.717) is 28.5 Å². The van der Waals surface area contributed by atoms with Crippen molar-refractivity contribution in [2.24, 2.45) is 5.92 Å². The zero-order valence-corrected chi connectivity index (χ0v) is 15.1. The maximum Gasteiger partial charge on any atom is 0.335 e. The van der Waals surface area contributed by atoms with Crippen LogP contribution < -0.4 is 5.32 Å². The third-order valence-corrected chi connectivity index (χ3v) is 5.69. The Balaban J connectivity index is 1.68. The molecule has 6 rings (SSSR count). The van der Waals surface area contributed by atoms with Crippen LogP contribution >= 0.6 is 0 Å². The van der Waals surface area contributed by atoms with E-state index in [2.05, 4.69) is 28.1 Å². The lowest BCUT2D eigenvalue weighted by atomic mass is 10.1. The number of rotatable bonds is 4. The van der Waals surface area contributed by atoms with Gasteiger partial charge in [-0.05, 0) is 43.0 Å². The third kappa shape index (κ3) is 2.27. The second kappa shape index (κ2) is 5.61. The van der Waals surface area contributed by atoms with E-state index < -0.39 is 12.5 Å². The summed E-state index contributed by atoms with van der Waals surface area (Å²) in [5.41, 5.74) is 3.81. The Morgan fingerprint density at radius 2 is 2.14 bits per heavy atom. The van der Waals surface area contributed by atoms with E-state index in [9.17, 15) is 9.90 Å². The van der Waals surface area contributed by atoms with Crippen LogP contribution in [0.4, 0.5) is 5.69 Å². The number of carbonyl (C=O) groups is 1. The standard InChI is InChI=1S/C22H20N4O2/c27-22(28)15-9-16-20-17(10-15)24-21(25(20)8-7-23-16)19-11-14-3-1-2-4-18(14)26(19)12-13-5-6-13/h1-4,9-11,13,23H,5-8,12H2,(H,27,28)/i8D2. The average Bonchev–Trinajstić information content (AvgIpc) is 3.33.